The van der Waals surface area contributed by atoms with Gasteiger partial charge in [-0.25, -0.2) is 13.8 Å². The van der Waals surface area contributed by atoms with Gasteiger partial charge in [0.2, 0.25) is 11.8 Å². The van der Waals surface area contributed by atoms with Gasteiger partial charge in [-0.1, -0.05) is 0 Å². The molecule has 1 aromatic heterocycles. The average molecular weight is 400 g/mol. The number of carbonyl (C=O) groups is 2. The van der Waals surface area contributed by atoms with Crippen molar-refractivity contribution in [3.05, 3.63) is 53.7 Å². The van der Waals surface area contributed by atoms with Gasteiger partial charge in [0, 0.05) is 44.9 Å². The number of pyridine rings is 1. The van der Waals surface area contributed by atoms with Crippen molar-refractivity contribution in [3.8, 4) is 0 Å². The van der Waals surface area contributed by atoms with E-state index in [0.717, 1.165) is 49.4 Å². The van der Waals surface area contributed by atoms with Gasteiger partial charge in [-0.15, -0.1) is 0 Å². The number of hydrogen-bond donors (Lipinski definition) is 1. The van der Waals surface area contributed by atoms with Gasteiger partial charge in [0.15, 0.2) is 0 Å². The van der Waals surface area contributed by atoms with Crippen LogP contribution < -0.4 is 15.1 Å². The third kappa shape index (κ3) is 4.21. The first-order chi connectivity index (χ1) is 14.0. The molecule has 4 rings (SSSR count). The molecule has 2 amide bonds. The van der Waals surface area contributed by atoms with Gasteiger partial charge in [0.05, 0.1) is 11.6 Å². The first-order valence-corrected chi connectivity index (χ1v) is 9.74. The lowest BCUT2D eigenvalue weighted by Crippen LogP contribution is -2.33. The molecule has 1 atom stereocenters. The van der Waals surface area contributed by atoms with Crippen LogP contribution in [0.2, 0.25) is 0 Å². The van der Waals surface area contributed by atoms with Crippen LogP contribution in [0.5, 0.6) is 0 Å². The first-order valence-electron chi connectivity index (χ1n) is 9.74. The second kappa shape index (κ2) is 8.14. The van der Waals surface area contributed by atoms with Crippen molar-refractivity contribution in [2.24, 2.45) is 5.92 Å². The van der Waals surface area contributed by atoms with Crippen molar-refractivity contribution in [1.82, 2.24) is 10.3 Å². The molecule has 8 heteroatoms. The fraction of sp³-hybridized carbons (Fsp3) is 0.381. The lowest BCUT2D eigenvalue weighted by Gasteiger charge is -2.18. The molecule has 6 nitrogen and oxygen atoms in total. The SMILES string of the molecule is O=C(NCc1ccnc(N2CCCC2)c1)C1CC(=O)N(c2ccc(F)cc2F)C1. The molecular formula is C21H22F2N4O2. The minimum atomic E-state index is -0.814. The van der Waals surface area contributed by atoms with E-state index in [4.69, 9.17) is 0 Å². The maximum absolute atomic E-state index is 14.0. The predicted octanol–water partition coefficient (Wildman–Crippen LogP) is 2.63. The summed E-state index contributed by atoms with van der Waals surface area (Å²) in [7, 11) is 0. The van der Waals surface area contributed by atoms with Gasteiger partial charge in [-0.3, -0.25) is 9.59 Å². The summed E-state index contributed by atoms with van der Waals surface area (Å²) >= 11 is 0. The molecule has 2 saturated heterocycles. The number of carbonyl (C=O) groups excluding carboxylic acids is 2. The van der Waals surface area contributed by atoms with Crippen molar-refractivity contribution >= 4 is 23.3 Å². The summed E-state index contributed by atoms with van der Waals surface area (Å²) in [4.78, 5) is 32.6. The van der Waals surface area contributed by atoms with Crippen LogP contribution in [0.15, 0.2) is 36.5 Å². The highest BCUT2D eigenvalue weighted by molar-refractivity contribution is 6.00. The van der Waals surface area contributed by atoms with E-state index in [1.165, 1.54) is 11.0 Å². The normalized spacial score (nSPS) is 19.1. The van der Waals surface area contributed by atoms with Gasteiger partial charge < -0.3 is 15.1 Å². The fourth-order valence-corrected chi connectivity index (χ4v) is 3.84. The molecule has 2 aliphatic heterocycles. The van der Waals surface area contributed by atoms with Crippen molar-refractivity contribution < 1.29 is 18.4 Å². The van der Waals surface area contributed by atoms with E-state index in [1.54, 1.807) is 6.20 Å². The zero-order chi connectivity index (χ0) is 20.4. The van der Waals surface area contributed by atoms with Crippen molar-refractivity contribution in [2.45, 2.75) is 25.8 Å². The molecule has 0 aliphatic carbocycles. The molecule has 3 heterocycles. The third-order valence-corrected chi connectivity index (χ3v) is 5.40. The Balaban J connectivity index is 1.37. The molecule has 0 radical (unpaired) electrons. The van der Waals surface area contributed by atoms with Crippen LogP contribution in [-0.4, -0.2) is 36.4 Å². The highest BCUT2D eigenvalue weighted by Gasteiger charge is 2.36. The van der Waals surface area contributed by atoms with Crippen LogP contribution in [0.1, 0.15) is 24.8 Å². The molecule has 2 aromatic rings. The topological polar surface area (TPSA) is 65.5 Å². The lowest BCUT2D eigenvalue weighted by molar-refractivity contribution is -0.126. The predicted molar refractivity (Wildman–Crippen MR) is 104 cm³/mol. The number of halogens is 2. The summed E-state index contributed by atoms with van der Waals surface area (Å²) in [5, 5.41) is 2.86. The van der Waals surface area contributed by atoms with Crippen LogP contribution in [0.3, 0.4) is 0 Å². The lowest BCUT2D eigenvalue weighted by atomic mass is 10.1. The molecule has 1 N–H and O–H groups in total. The van der Waals surface area contributed by atoms with Crippen LogP contribution in [0.25, 0.3) is 0 Å². The zero-order valence-electron chi connectivity index (χ0n) is 15.9. The maximum Gasteiger partial charge on any atom is 0.227 e. The number of nitrogens with one attached hydrogen (secondary N) is 1. The summed E-state index contributed by atoms with van der Waals surface area (Å²) in [6, 6.07) is 6.86. The van der Waals surface area contributed by atoms with Crippen molar-refractivity contribution in [3.63, 3.8) is 0 Å². The van der Waals surface area contributed by atoms with Crippen LogP contribution >= 0.6 is 0 Å². The molecule has 0 saturated carbocycles. The number of benzene rings is 1. The largest absolute Gasteiger partial charge is 0.357 e. The highest BCUT2D eigenvalue weighted by Crippen LogP contribution is 2.28. The standard InChI is InChI=1S/C21H22F2N4O2/c22-16-3-4-18(17(23)11-16)27-13-15(10-20(27)28)21(29)25-12-14-5-6-24-19(9-14)26-7-1-2-8-26/h3-6,9,11,15H,1-2,7-8,10,12-13H2,(H,25,29). The Bertz CT molecular complexity index is 931. The zero-order valence-corrected chi connectivity index (χ0v) is 15.9. The Hall–Kier alpha value is -3.03. The van der Waals surface area contributed by atoms with Gasteiger partial charge in [-0.2, -0.15) is 0 Å². The molecule has 0 bridgehead atoms. The summed E-state index contributed by atoms with van der Waals surface area (Å²) in [6.45, 7) is 2.38. The monoisotopic (exact) mass is 400 g/mol. The molecule has 2 fully saturated rings. The van der Waals surface area contributed by atoms with Gasteiger partial charge >= 0.3 is 0 Å². The summed E-state index contributed by atoms with van der Waals surface area (Å²) in [6.07, 6.45) is 4.04. The Labute approximate surface area is 167 Å². The van der Waals surface area contributed by atoms with Gasteiger partial charge in [0.1, 0.15) is 17.5 Å². The van der Waals surface area contributed by atoms with E-state index in [2.05, 4.69) is 15.2 Å². The molecular weight excluding hydrogens is 378 g/mol. The second-order valence-electron chi connectivity index (χ2n) is 7.44. The van der Waals surface area contributed by atoms with Crippen LogP contribution in [0.4, 0.5) is 20.3 Å². The summed E-state index contributed by atoms with van der Waals surface area (Å²) < 4.78 is 27.1. The smallest absolute Gasteiger partial charge is 0.227 e. The number of hydrogen-bond acceptors (Lipinski definition) is 4. The average Bonchev–Trinajstić information content (AvgIpc) is 3.37. The minimum Gasteiger partial charge on any atom is -0.357 e. The second-order valence-corrected chi connectivity index (χ2v) is 7.44. The quantitative estimate of drug-likeness (QED) is 0.838. The molecule has 29 heavy (non-hydrogen) atoms. The highest BCUT2D eigenvalue weighted by atomic mass is 19.1. The van der Waals surface area contributed by atoms with E-state index in [-0.39, 0.29) is 30.5 Å². The Morgan fingerprint density at radius 2 is 1.97 bits per heavy atom. The molecule has 152 valence electrons. The number of rotatable bonds is 5. The van der Waals surface area contributed by atoms with E-state index < -0.39 is 17.6 Å². The minimum absolute atomic E-state index is 0.00196. The third-order valence-electron chi connectivity index (χ3n) is 5.40. The summed E-state index contributed by atoms with van der Waals surface area (Å²) in [5.41, 5.74) is 0.928. The van der Waals surface area contributed by atoms with E-state index in [1.807, 2.05) is 12.1 Å². The van der Waals surface area contributed by atoms with Crippen molar-refractivity contribution in [1.29, 1.82) is 0 Å². The van der Waals surface area contributed by atoms with Crippen LogP contribution in [-0.2, 0) is 16.1 Å². The van der Waals surface area contributed by atoms with Gasteiger partial charge in [-0.05, 0) is 42.7 Å². The van der Waals surface area contributed by atoms with Crippen LogP contribution in [0, 0.1) is 17.6 Å². The van der Waals surface area contributed by atoms with E-state index >= 15 is 0 Å². The molecule has 2 aliphatic rings. The number of aromatic nitrogens is 1. The summed E-state index contributed by atoms with van der Waals surface area (Å²) in [5.74, 6) is -1.81. The van der Waals surface area contributed by atoms with E-state index in [9.17, 15) is 18.4 Å². The number of amides is 2. The van der Waals surface area contributed by atoms with Gasteiger partial charge in [0.25, 0.3) is 0 Å². The Kier molecular flexibility index (Phi) is 5.42. The Morgan fingerprint density at radius 3 is 2.72 bits per heavy atom. The van der Waals surface area contributed by atoms with E-state index in [0.29, 0.717) is 6.54 Å². The Morgan fingerprint density at radius 1 is 1.17 bits per heavy atom. The molecule has 1 aromatic carbocycles. The number of nitrogens with zero attached hydrogens (tertiary/aromatic N) is 3. The molecule has 1 unspecified atom stereocenters. The van der Waals surface area contributed by atoms with Crippen molar-refractivity contribution in [2.75, 3.05) is 29.4 Å². The molecule has 0 spiro atoms. The number of anilines is 2. The maximum atomic E-state index is 14.0. The fourth-order valence-electron chi connectivity index (χ4n) is 3.84. The first kappa shape index (κ1) is 19.3.